The van der Waals surface area contributed by atoms with Gasteiger partial charge in [0.1, 0.15) is 5.82 Å². The van der Waals surface area contributed by atoms with Gasteiger partial charge < -0.3 is 14.0 Å². The lowest BCUT2D eigenvalue weighted by atomic mass is 9.89. The molecule has 1 saturated heterocycles. The molecule has 4 aromatic rings. The summed E-state index contributed by atoms with van der Waals surface area (Å²) < 4.78 is 3.89. The molecule has 1 aliphatic rings. The van der Waals surface area contributed by atoms with E-state index in [0.717, 1.165) is 35.4 Å². The van der Waals surface area contributed by atoms with E-state index < -0.39 is 0 Å². The van der Waals surface area contributed by atoms with E-state index in [0.29, 0.717) is 12.0 Å². The van der Waals surface area contributed by atoms with Crippen LogP contribution in [0.2, 0.25) is 0 Å². The van der Waals surface area contributed by atoms with Crippen molar-refractivity contribution >= 4 is 16.9 Å². The van der Waals surface area contributed by atoms with Crippen molar-refractivity contribution in [1.82, 2.24) is 19.0 Å². The molecule has 6 heteroatoms. The van der Waals surface area contributed by atoms with Gasteiger partial charge in [0.2, 0.25) is 5.91 Å². The molecule has 2 aromatic carbocycles. The SMILES string of the molecule is Cc1cc(-c2nc3ccc(C4CCN(C)C(=O)C4)cc3n2[C@@H](C)c2ccccc2)cn(C)c1=O. The minimum Gasteiger partial charge on any atom is -0.346 e. The molecule has 174 valence electrons. The van der Waals surface area contributed by atoms with Crippen molar-refractivity contribution in [3.05, 3.63) is 87.8 Å². The molecular formula is C28H30N4O2. The number of carbonyl (C=O) groups excluding carboxylic acids is 1. The maximum absolute atomic E-state index is 12.4. The van der Waals surface area contributed by atoms with Crippen LogP contribution < -0.4 is 5.56 Å². The summed E-state index contributed by atoms with van der Waals surface area (Å²) in [5.74, 6) is 1.25. The Morgan fingerprint density at radius 3 is 2.50 bits per heavy atom. The predicted octanol–water partition coefficient (Wildman–Crippen LogP) is 4.66. The van der Waals surface area contributed by atoms with Gasteiger partial charge in [0.25, 0.3) is 5.56 Å². The van der Waals surface area contributed by atoms with Crippen molar-refractivity contribution in [2.45, 2.75) is 38.6 Å². The van der Waals surface area contributed by atoms with Crippen molar-refractivity contribution < 1.29 is 4.79 Å². The van der Waals surface area contributed by atoms with Crippen LogP contribution in [0.5, 0.6) is 0 Å². The van der Waals surface area contributed by atoms with E-state index in [4.69, 9.17) is 4.98 Å². The average Bonchev–Trinajstić information content (AvgIpc) is 3.22. The van der Waals surface area contributed by atoms with Gasteiger partial charge in [-0.1, -0.05) is 36.4 Å². The van der Waals surface area contributed by atoms with Gasteiger partial charge in [0, 0.05) is 44.4 Å². The number of nitrogens with zero attached hydrogens (tertiary/aromatic N) is 4. The van der Waals surface area contributed by atoms with Crippen LogP contribution in [0.15, 0.2) is 65.6 Å². The van der Waals surface area contributed by atoms with Crippen molar-refractivity contribution in [3.8, 4) is 11.4 Å². The molecule has 34 heavy (non-hydrogen) atoms. The molecule has 1 unspecified atom stereocenters. The van der Waals surface area contributed by atoms with Crippen LogP contribution in [0.3, 0.4) is 0 Å². The molecule has 1 fully saturated rings. The molecule has 3 heterocycles. The smallest absolute Gasteiger partial charge is 0.253 e. The zero-order valence-corrected chi connectivity index (χ0v) is 20.2. The molecule has 0 N–H and O–H groups in total. The van der Waals surface area contributed by atoms with Gasteiger partial charge in [-0.3, -0.25) is 9.59 Å². The number of benzene rings is 2. The highest BCUT2D eigenvalue weighted by Gasteiger charge is 2.26. The Kier molecular flexibility index (Phi) is 5.60. The molecule has 0 saturated carbocycles. The fraction of sp³-hybridized carbons (Fsp3) is 0.321. The number of rotatable bonds is 4. The predicted molar refractivity (Wildman–Crippen MR) is 135 cm³/mol. The average molecular weight is 455 g/mol. The van der Waals surface area contributed by atoms with Gasteiger partial charge in [-0.05, 0) is 55.5 Å². The summed E-state index contributed by atoms with van der Waals surface area (Å²) in [4.78, 5) is 31.5. The van der Waals surface area contributed by atoms with Crippen LogP contribution in [-0.2, 0) is 11.8 Å². The highest BCUT2D eigenvalue weighted by molar-refractivity contribution is 5.83. The second kappa shape index (κ2) is 8.60. The van der Waals surface area contributed by atoms with Gasteiger partial charge in [0.05, 0.1) is 17.1 Å². The summed E-state index contributed by atoms with van der Waals surface area (Å²) in [7, 11) is 3.65. The first kappa shape index (κ1) is 22.1. The number of imidazole rings is 1. The third kappa shape index (κ3) is 3.83. The first-order valence-electron chi connectivity index (χ1n) is 11.8. The van der Waals surface area contributed by atoms with Crippen LogP contribution >= 0.6 is 0 Å². The third-order valence-corrected chi connectivity index (χ3v) is 7.13. The summed E-state index contributed by atoms with van der Waals surface area (Å²) in [5, 5.41) is 0. The van der Waals surface area contributed by atoms with Crippen molar-refractivity contribution in [2.75, 3.05) is 13.6 Å². The minimum absolute atomic E-state index is 0.00302. The monoisotopic (exact) mass is 454 g/mol. The molecular weight excluding hydrogens is 424 g/mol. The summed E-state index contributed by atoms with van der Waals surface area (Å²) in [6.45, 7) is 4.80. The molecule has 0 spiro atoms. The summed E-state index contributed by atoms with van der Waals surface area (Å²) >= 11 is 0. The number of hydrogen-bond donors (Lipinski definition) is 0. The number of aromatic nitrogens is 3. The van der Waals surface area contributed by atoms with Crippen molar-refractivity contribution in [1.29, 1.82) is 0 Å². The Labute approximate surface area is 199 Å². The molecule has 2 aromatic heterocycles. The van der Waals surface area contributed by atoms with Gasteiger partial charge in [0.15, 0.2) is 0 Å². The number of piperidine rings is 1. The first-order chi connectivity index (χ1) is 16.3. The number of aryl methyl sites for hydroxylation is 2. The second-order valence-corrected chi connectivity index (χ2v) is 9.47. The Hall–Kier alpha value is -3.67. The van der Waals surface area contributed by atoms with E-state index in [1.807, 2.05) is 37.2 Å². The van der Waals surface area contributed by atoms with Crippen LogP contribution in [0.25, 0.3) is 22.4 Å². The molecule has 1 amide bonds. The lowest BCUT2D eigenvalue weighted by Crippen LogP contribution is -2.34. The van der Waals surface area contributed by atoms with Gasteiger partial charge >= 0.3 is 0 Å². The van der Waals surface area contributed by atoms with Gasteiger partial charge in [-0.15, -0.1) is 0 Å². The van der Waals surface area contributed by atoms with Crippen LogP contribution in [0.1, 0.15) is 48.4 Å². The van der Waals surface area contributed by atoms with E-state index in [2.05, 4.69) is 54.0 Å². The van der Waals surface area contributed by atoms with Crippen LogP contribution in [0.4, 0.5) is 0 Å². The fourth-order valence-corrected chi connectivity index (χ4v) is 5.07. The highest BCUT2D eigenvalue weighted by Crippen LogP contribution is 2.35. The number of likely N-dealkylation sites (tertiary alicyclic amines) is 1. The fourth-order valence-electron chi connectivity index (χ4n) is 5.07. The van der Waals surface area contributed by atoms with E-state index in [9.17, 15) is 9.59 Å². The topological polar surface area (TPSA) is 60.1 Å². The highest BCUT2D eigenvalue weighted by atomic mass is 16.2. The number of pyridine rings is 1. The molecule has 1 aliphatic heterocycles. The third-order valence-electron chi connectivity index (χ3n) is 7.13. The lowest BCUT2D eigenvalue weighted by Gasteiger charge is -2.29. The zero-order valence-electron chi connectivity index (χ0n) is 20.2. The molecule has 6 nitrogen and oxygen atoms in total. The Morgan fingerprint density at radius 1 is 1.03 bits per heavy atom. The standard InChI is InChI=1S/C28H30N4O2/c1-18-14-23(17-31(4)28(18)34)27-29-24-11-10-21(22-12-13-30(3)26(33)16-22)15-25(24)32(27)19(2)20-8-6-5-7-9-20/h5-11,14-15,17,19,22H,12-13,16H2,1-4H3/t19-,22?/m0/s1. The van der Waals surface area contributed by atoms with Crippen molar-refractivity contribution in [3.63, 3.8) is 0 Å². The lowest BCUT2D eigenvalue weighted by molar-refractivity contribution is -0.132. The van der Waals surface area contributed by atoms with Crippen LogP contribution in [0, 0.1) is 6.92 Å². The Balaban J connectivity index is 1.70. The zero-order chi connectivity index (χ0) is 24.0. The maximum atomic E-state index is 12.4. The van der Waals surface area contributed by atoms with Crippen molar-refractivity contribution in [2.24, 2.45) is 7.05 Å². The maximum Gasteiger partial charge on any atom is 0.253 e. The number of fused-ring (bicyclic) bond motifs is 1. The van der Waals surface area contributed by atoms with E-state index in [-0.39, 0.29) is 23.4 Å². The van der Waals surface area contributed by atoms with Crippen LogP contribution in [-0.4, -0.2) is 38.5 Å². The number of carbonyl (C=O) groups is 1. The quantitative estimate of drug-likeness (QED) is 0.451. The summed E-state index contributed by atoms with van der Waals surface area (Å²) in [5.41, 5.74) is 5.92. The Morgan fingerprint density at radius 2 is 1.79 bits per heavy atom. The largest absolute Gasteiger partial charge is 0.346 e. The summed E-state index contributed by atoms with van der Waals surface area (Å²) in [6.07, 6.45) is 3.36. The van der Waals surface area contributed by atoms with Gasteiger partial charge in [-0.25, -0.2) is 4.98 Å². The number of hydrogen-bond acceptors (Lipinski definition) is 3. The molecule has 0 aliphatic carbocycles. The summed E-state index contributed by atoms with van der Waals surface area (Å²) in [6, 6.07) is 18.7. The molecule has 0 bridgehead atoms. The Bertz CT molecular complexity index is 1410. The first-order valence-corrected chi connectivity index (χ1v) is 11.8. The minimum atomic E-state index is -0.00302. The molecule has 0 radical (unpaired) electrons. The molecule has 5 rings (SSSR count). The normalized spacial score (nSPS) is 17.4. The van der Waals surface area contributed by atoms with Gasteiger partial charge in [-0.2, -0.15) is 0 Å². The van der Waals surface area contributed by atoms with E-state index in [1.165, 1.54) is 11.1 Å². The molecule has 2 atom stereocenters. The van der Waals surface area contributed by atoms with E-state index >= 15 is 0 Å². The van der Waals surface area contributed by atoms with E-state index in [1.54, 1.807) is 11.6 Å². The second-order valence-electron chi connectivity index (χ2n) is 9.47. The number of amides is 1.